The molecule has 144 valence electrons. The Labute approximate surface area is 153 Å². The van der Waals surface area contributed by atoms with Crippen molar-refractivity contribution in [3.8, 4) is 0 Å². The van der Waals surface area contributed by atoms with E-state index in [2.05, 4.69) is 5.32 Å². The Morgan fingerprint density at radius 2 is 2.00 bits per heavy atom. The van der Waals surface area contributed by atoms with Crippen LogP contribution in [0, 0.1) is 10.1 Å². The van der Waals surface area contributed by atoms with Gasteiger partial charge in [0.15, 0.2) is 0 Å². The van der Waals surface area contributed by atoms with Gasteiger partial charge in [0.2, 0.25) is 5.91 Å². The molecule has 1 N–H and O–H groups in total. The van der Waals surface area contributed by atoms with Gasteiger partial charge in [-0.3, -0.25) is 14.9 Å². The van der Waals surface area contributed by atoms with Gasteiger partial charge >= 0.3 is 6.09 Å². The van der Waals surface area contributed by atoms with Crippen molar-refractivity contribution in [2.75, 3.05) is 13.6 Å². The maximum absolute atomic E-state index is 12.3. The van der Waals surface area contributed by atoms with E-state index in [1.54, 1.807) is 44.9 Å². The zero-order chi connectivity index (χ0) is 19.9. The molecule has 1 atom stereocenters. The minimum Gasteiger partial charge on any atom is -0.444 e. The summed E-state index contributed by atoms with van der Waals surface area (Å²) in [4.78, 5) is 35.8. The fourth-order valence-electron chi connectivity index (χ4n) is 2.26. The van der Waals surface area contributed by atoms with Gasteiger partial charge in [-0.15, -0.1) is 0 Å². The molecule has 1 aromatic rings. The van der Waals surface area contributed by atoms with Crippen molar-refractivity contribution in [3.05, 3.63) is 39.9 Å². The number of benzene rings is 1. The number of nitro groups is 1. The summed E-state index contributed by atoms with van der Waals surface area (Å²) in [5.74, 6) is -0.102. The van der Waals surface area contributed by atoms with Gasteiger partial charge in [0.05, 0.1) is 11.0 Å². The number of nitrogens with zero attached hydrogens (tertiary/aromatic N) is 2. The number of hydrogen-bond donors (Lipinski definition) is 1. The summed E-state index contributed by atoms with van der Waals surface area (Å²) in [5.41, 5.74) is 0.132. The first-order valence-corrected chi connectivity index (χ1v) is 8.48. The van der Waals surface area contributed by atoms with E-state index in [1.807, 2.05) is 6.92 Å². The molecule has 8 nitrogen and oxygen atoms in total. The van der Waals surface area contributed by atoms with Crippen LogP contribution in [-0.4, -0.2) is 41.0 Å². The topological polar surface area (TPSA) is 102 Å². The first-order chi connectivity index (χ1) is 12.0. The molecular weight excluding hydrogens is 338 g/mol. The molecule has 0 bridgehead atoms. The average molecular weight is 365 g/mol. The summed E-state index contributed by atoms with van der Waals surface area (Å²) >= 11 is 0. The highest BCUT2D eigenvalue weighted by Crippen LogP contribution is 2.23. The lowest BCUT2D eigenvalue weighted by atomic mass is 10.1. The molecule has 0 unspecified atom stereocenters. The minimum absolute atomic E-state index is 0.00300. The number of alkyl carbamates (subject to hydrolysis) is 1. The van der Waals surface area contributed by atoms with Crippen molar-refractivity contribution in [2.45, 2.75) is 52.2 Å². The highest BCUT2D eigenvalue weighted by Gasteiger charge is 2.19. The Kier molecular flexibility index (Phi) is 7.55. The molecule has 0 spiro atoms. The third kappa shape index (κ3) is 7.08. The maximum atomic E-state index is 12.3. The van der Waals surface area contributed by atoms with Crippen molar-refractivity contribution >= 4 is 17.7 Å². The molecule has 0 aliphatic carbocycles. The van der Waals surface area contributed by atoms with Crippen LogP contribution in [0.15, 0.2) is 24.3 Å². The molecule has 8 heteroatoms. The molecule has 2 amide bonds. The molecule has 0 heterocycles. The third-order valence-electron chi connectivity index (χ3n) is 3.77. The fourth-order valence-corrected chi connectivity index (χ4v) is 2.26. The number of non-ortho nitro benzene ring substituents is 1. The van der Waals surface area contributed by atoms with Gasteiger partial charge < -0.3 is 15.0 Å². The smallest absolute Gasteiger partial charge is 0.407 e. The quantitative estimate of drug-likeness (QED) is 0.453. The highest BCUT2D eigenvalue weighted by atomic mass is 16.6. The summed E-state index contributed by atoms with van der Waals surface area (Å²) < 4.78 is 5.12. The van der Waals surface area contributed by atoms with Crippen LogP contribution in [0.25, 0.3) is 0 Å². The normalized spacial score (nSPS) is 12.2. The van der Waals surface area contributed by atoms with E-state index in [9.17, 15) is 19.7 Å². The molecule has 0 aliphatic rings. The number of ether oxygens (including phenoxy) is 1. The van der Waals surface area contributed by atoms with Crippen molar-refractivity contribution in [2.24, 2.45) is 0 Å². The van der Waals surface area contributed by atoms with Crippen LogP contribution in [0.5, 0.6) is 0 Å². The Bertz CT molecular complexity index is 654. The number of carbonyl (C=O) groups is 2. The second-order valence-corrected chi connectivity index (χ2v) is 7.06. The van der Waals surface area contributed by atoms with Gasteiger partial charge in [-0.05, 0) is 39.7 Å². The van der Waals surface area contributed by atoms with Gasteiger partial charge in [-0.25, -0.2) is 4.79 Å². The largest absolute Gasteiger partial charge is 0.444 e. The Balaban J connectivity index is 2.48. The van der Waals surface area contributed by atoms with E-state index in [0.717, 1.165) is 0 Å². The van der Waals surface area contributed by atoms with E-state index < -0.39 is 16.6 Å². The predicted octanol–water partition coefficient (Wildman–Crippen LogP) is 3.42. The van der Waals surface area contributed by atoms with Crippen LogP contribution in [0.1, 0.15) is 52.1 Å². The molecule has 1 rings (SSSR count). The van der Waals surface area contributed by atoms with Crippen LogP contribution in [-0.2, 0) is 9.53 Å². The summed E-state index contributed by atoms with van der Waals surface area (Å²) in [6.45, 7) is 7.48. The second-order valence-electron chi connectivity index (χ2n) is 7.06. The van der Waals surface area contributed by atoms with Crippen LogP contribution < -0.4 is 5.32 Å². The van der Waals surface area contributed by atoms with Crippen LogP contribution in [0.3, 0.4) is 0 Å². The van der Waals surface area contributed by atoms with Crippen LogP contribution in [0.4, 0.5) is 10.5 Å². The molecule has 0 aromatic heterocycles. The van der Waals surface area contributed by atoms with E-state index in [1.165, 1.54) is 12.1 Å². The summed E-state index contributed by atoms with van der Waals surface area (Å²) in [6.07, 6.45) is 0.221. The standard InChI is InChI=1S/C18H27N3O5/c1-13(14-8-6-9-15(12-14)21(24)25)20(5)16(22)10-7-11-19-17(23)26-18(2,3)4/h6,8-9,12-13H,7,10-11H2,1-5H3,(H,19,23)/t13-/m0/s1. The zero-order valence-corrected chi connectivity index (χ0v) is 15.9. The van der Waals surface area contributed by atoms with Crippen molar-refractivity contribution in [1.82, 2.24) is 10.2 Å². The molecule has 0 aliphatic heterocycles. The van der Waals surface area contributed by atoms with Crippen molar-refractivity contribution in [1.29, 1.82) is 0 Å². The van der Waals surface area contributed by atoms with Gasteiger partial charge in [0.25, 0.3) is 5.69 Å². The predicted molar refractivity (Wildman–Crippen MR) is 97.8 cm³/mol. The Morgan fingerprint density at radius 3 is 2.58 bits per heavy atom. The minimum atomic E-state index is -0.562. The van der Waals surface area contributed by atoms with E-state index in [-0.39, 0.29) is 24.1 Å². The second kappa shape index (κ2) is 9.17. The third-order valence-corrected chi connectivity index (χ3v) is 3.77. The van der Waals surface area contributed by atoms with Crippen molar-refractivity contribution in [3.63, 3.8) is 0 Å². The molecule has 0 radical (unpaired) electrons. The molecule has 0 saturated heterocycles. The molecule has 26 heavy (non-hydrogen) atoms. The number of hydrogen-bond acceptors (Lipinski definition) is 5. The van der Waals surface area contributed by atoms with Gasteiger partial charge in [0.1, 0.15) is 5.60 Å². The van der Waals surface area contributed by atoms with Gasteiger partial charge in [-0.1, -0.05) is 12.1 Å². The first-order valence-electron chi connectivity index (χ1n) is 8.48. The number of rotatable bonds is 7. The summed E-state index contributed by atoms with van der Waals surface area (Å²) in [7, 11) is 1.66. The van der Waals surface area contributed by atoms with Crippen molar-refractivity contribution < 1.29 is 19.2 Å². The van der Waals surface area contributed by atoms with Crippen LogP contribution in [0.2, 0.25) is 0 Å². The van der Waals surface area contributed by atoms with E-state index in [0.29, 0.717) is 18.5 Å². The molecule has 0 saturated carbocycles. The Hall–Kier alpha value is -2.64. The van der Waals surface area contributed by atoms with Gasteiger partial charge in [0, 0.05) is 32.1 Å². The molecule has 0 fully saturated rings. The summed E-state index contributed by atoms with van der Waals surface area (Å²) in [6, 6.07) is 5.96. The highest BCUT2D eigenvalue weighted by molar-refractivity contribution is 5.76. The number of amides is 2. The molecule has 1 aromatic carbocycles. The Morgan fingerprint density at radius 1 is 1.35 bits per heavy atom. The number of nitrogens with one attached hydrogen (secondary N) is 1. The van der Waals surface area contributed by atoms with E-state index >= 15 is 0 Å². The number of carbonyl (C=O) groups excluding carboxylic acids is 2. The average Bonchev–Trinajstić information content (AvgIpc) is 2.55. The lowest BCUT2D eigenvalue weighted by Gasteiger charge is -2.25. The zero-order valence-electron chi connectivity index (χ0n) is 15.9. The fraction of sp³-hybridized carbons (Fsp3) is 0.556. The van der Waals surface area contributed by atoms with Crippen LogP contribution >= 0.6 is 0 Å². The lowest BCUT2D eigenvalue weighted by Crippen LogP contribution is -2.34. The first kappa shape index (κ1) is 21.4. The molecular formula is C18H27N3O5. The lowest BCUT2D eigenvalue weighted by molar-refractivity contribution is -0.384. The maximum Gasteiger partial charge on any atom is 0.407 e. The van der Waals surface area contributed by atoms with Gasteiger partial charge in [-0.2, -0.15) is 0 Å². The summed E-state index contributed by atoms with van der Waals surface area (Å²) in [5, 5.41) is 13.5. The monoisotopic (exact) mass is 365 g/mol. The number of nitro benzene ring substituents is 1. The van der Waals surface area contributed by atoms with E-state index in [4.69, 9.17) is 4.74 Å². The SMILES string of the molecule is C[C@@H](c1cccc([N+](=O)[O-])c1)N(C)C(=O)CCCNC(=O)OC(C)(C)C.